The molecule has 1 saturated heterocycles. The van der Waals surface area contributed by atoms with E-state index in [0.29, 0.717) is 23.4 Å². The van der Waals surface area contributed by atoms with Gasteiger partial charge in [-0.2, -0.15) is 4.98 Å². The second-order valence-electron chi connectivity index (χ2n) is 4.47. The van der Waals surface area contributed by atoms with E-state index in [2.05, 4.69) is 15.0 Å². The first-order valence-corrected chi connectivity index (χ1v) is 5.85. The van der Waals surface area contributed by atoms with Gasteiger partial charge in [0.15, 0.2) is 11.7 Å². The molecule has 1 aliphatic heterocycles. The monoisotopic (exact) mass is 267 g/mol. The predicted molar refractivity (Wildman–Crippen MR) is 64.5 cm³/mol. The van der Waals surface area contributed by atoms with Gasteiger partial charge in [0.05, 0.1) is 12.7 Å². The molecule has 19 heavy (non-hydrogen) atoms. The second-order valence-corrected chi connectivity index (χ2v) is 4.47. The number of nitrogens with two attached hydrogens (primary N) is 2. The van der Waals surface area contributed by atoms with Crippen LogP contribution in [-0.2, 0) is 4.74 Å². The van der Waals surface area contributed by atoms with E-state index in [1.54, 1.807) is 4.57 Å². The molecule has 0 amide bonds. The summed E-state index contributed by atoms with van der Waals surface area (Å²) in [6.07, 6.45) is -0.0103. The topological polar surface area (TPSA) is 147 Å². The largest absolute Gasteiger partial charge is 0.394 e. The number of nitrogens with one attached hydrogen (secondary N) is 1. The lowest BCUT2D eigenvalue weighted by molar-refractivity contribution is -0.748. The lowest BCUT2D eigenvalue weighted by Gasteiger charge is -2.12. The van der Waals surface area contributed by atoms with Crippen molar-refractivity contribution in [1.29, 1.82) is 0 Å². The summed E-state index contributed by atoms with van der Waals surface area (Å²) in [4.78, 5) is 10.9. The SMILES string of the molecule is Nc1nc2nc[n+](C3C[C@H](O)[C@@H](CO)O3)c(N)c2[nH]1. The molecule has 102 valence electrons. The van der Waals surface area contributed by atoms with Crippen LogP contribution in [0.4, 0.5) is 11.8 Å². The van der Waals surface area contributed by atoms with Crippen LogP contribution < -0.4 is 16.0 Å². The number of aliphatic hydroxyl groups excluding tert-OH is 2. The Morgan fingerprint density at radius 2 is 2.32 bits per heavy atom. The fourth-order valence-electron chi connectivity index (χ4n) is 2.24. The van der Waals surface area contributed by atoms with Gasteiger partial charge < -0.3 is 31.4 Å². The maximum absolute atomic E-state index is 9.73. The zero-order chi connectivity index (χ0) is 13.6. The zero-order valence-electron chi connectivity index (χ0n) is 10.0. The van der Waals surface area contributed by atoms with Crippen LogP contribution >= 0.6 is 0 Å². The van der Waals surface area contributed by atoms with Crippen molar-refractivity contribution in [3.05, 3.63) is 6.33 Å². The third-order valence-electron chi connectivity index (χ3n) is 3.24. The number of rotatable bonds is 2. The van der Waals surface area contributed by atoms with E-state index in [0.717, 1.165) is 0 Å². The third-order valence-corrected chi connectivity index (χ3v) is 3.24. The van der Waals surface area contributed by atoms with Crippen molar-refractivity contribution in [2.75, 3.05) is 18.1 Å². The number of hydrogen-bond donors (Lipinski definition) is 5. The molecule has 9 nitrogen and oxygen atoms in total. The van der Waals surface area contributed by atoms with E-state index in [-0.39, 0.29) is 12.6 Å². The van der Waals surface area contributed by atoms with Crippen LogP contribution in [0.3, 0.4) is 0 Å². The number of H-pyrrole nitrogens is 1. The fraction of sp³-hybridized carbons (Fsp3) is 0.500. The van der Waals surface area contributed by atoms with Gasteiger partial charge in [-0.15, -0.1) is 0 Å². The first kappa shape index (κ1) is 12.1. The number of aromatic nitrogens is 4. The average Bonchev–Trinajstić information content (AvgIpc) is 2.92. The maximum atomic E-state index is 9.73. The summed E-state index contributed by atoms with van der Waals surface area (Å²) >= 11 is 0. The minimum atomic E-state index is -0.732. The van der Waals surface area contributed by atoms with E-state index in [1.165, 1.54) is 6.33 Å². The van der Waals surface area contributed by atoms with Crippen molar-refractivity contribution in [3.63, 3.8) is 0 Å². The summed E-state index contributed by atoms with van der Waals surface area (Å²) in [5, 5.41) is 18.8. The number of anilines is 2. The molecule has 0 aliphatic carbocycles. The van der Waals surface area contributed by atoms with Crippen molar-refractivity contribution in [2.45, 2.75) is 24.9 Å². The normalized spacial score (nSPS) is 27.2. The Kier molecular flexibility index (Phi) is 2.73. The highest BCUT2D eigenvalue weighted by molar-refractivity contribution is 5.80. The average molecular weight is 267 g/mol. The molecule has 1 unspecified atom stereocenters. The quantitative estimate of drug-likeness (QED) is 0.397. The molecular weight excluding hydrogens is 252 g/mol. The highest BCUT2D eigenvalue weighted by Crippen LogP contribution is 2.26. The molecule has 7 N–H and O–H groups in total. The number of aromatic amines is 1. The lowest BCUT2D eigenvalue weighted by atomic mass is 10.2. The van der Waals surface area contributed by atoms with Gasteiger partial charge in [-0.05, 0) is 0 Å². The lowest BCUT2D eigenvalue weighted by Crippen LogP contribution is -2.43. The van der Waals surface area contributed by atoms with Crippen molar-refractivity contribution in [3.8, 4) is 0 Å². The van der Waals surface area contributed by atoms with Gasteiger partial charge in [-0.3, -0.25) is 0 Å². The molecule has 0 saturated carbocycles. The molecular formula is C10H15N6O3+. The standard InChI is InChI=1S/C10H14N6O3/c11-8-7-9(15-10(12)14-7)13-3-16(8)6-1-4(18)5(2-17)19-6/h3-6,17-18H,1-2H2,(H4,11,12,14,15)/p+1/t4-,5+,6?/m0/s1. The minimum Gasteiger partial charge on any atom is -0.394 e. The fourth-order valence-corrected chi connectivity index (χ4v) is 2.24. The highest BCUT2D eigenvalue weighted by atomic mass is 16.5. The van der Waals surface area contributed by atoms with Gasteiger partial charge in [0, 0.05) is 6.42 Å². The zero-order valence-corrected chi connectivity index (χ0v) is 10.0. The summed E-state index contributed by atoms with van der Waals surface area (Å²) in [7, 11) is 0. The first-order valence-electron chi connectivity index (χ1n) is 5.85. The number of nitrogen functional groups attached to an aromatic ring is 2. The maximum Gasteiger partial charge on any atom is 0.262 e. The van der Waals surface area contributed by atoms with Gasteiger partial charge in [0.1, 0.15) is 6.10 Å². The summed E-state index contributed by atoms with van der Waals surface area (Å²) in [6.45, 7) is -0.245. The van der Waals surface area contributed by atoms with Crippen molar-refractivity contribution in [1.82, 2.24) is 15.0 Å². The van der Waals surface area contributed by atoms with Crippen LogP contribution in [0, 0.1) is 0 Å². The first-order chi connectivity index (χ1) is 9.10. The number of aliphatic hydroxyl groups is 2. The molecule has 0 spiro atoms. The Morgan fingerprint density at radius 3 is 3.00 bits per heavy atom. The summed E-state index contributed by atoms with van der Waals surface area (Å²) in [6, 6.07) is 0. The van der Waals surface area contributed by atoms with Gasteiger partial charge in [-0.1, -0.05) is 4.98 Å². The van der Waals surface area contributed by atoms with Gasteiger partial charge in [0.2, 0.25) is 12.3 Å². The van der Waals surface area contributed by atoms with Crippen LogP contribution in [0.15, 0.2) is 6.33 Å². The molecule has 9 heteroatoms. The Bertz CT molecular complexity index is 615. The molecule has 0 aromatic carbocycles. The molecule has 0 bridgehead atoms. The van der Waals surface area contributed by atoms with Gasteiger partial charge in [0.25, 0.3) is 11.5 Å². The van der Waals surface area contributed by atoms with E-state index >= 15 is 0 Å². The van der Waals surface area contributed by atoms with Crippen LogP contribution in [0.1, 0.15) is 12.6 Å². The van der Waals surface area contributed by atoms with E-state index in [1.807, 2.05) is 0 Å². The Hall–Kier alpha value is -1.97. The van der Waals surface area contributed by atoms with Crippen LogP contribution in [0.2, 0.25) is 0 Å². The Labute approximate surface area is 107 Å². The number of hydrogen-bond acceptors (Lipinski definition) is 7. The molecule has 2 aromatic heterocycles. The van der Waals surface area contributed by atoms with Gasteiger partial charge >= 0.3 is 0 Å². The van der Waals surface area contributed by atoms with Crippen LogP contribution in [0.25, 0.3) is 11.2 Å². The van der Waals surface area contributed by atoms with E-state index in [9.17, 15) is 5.11 Å². The van der Waals surface area contributed by atoms with Crippen molar-refractivity contribution < 1.29 is 19.5 Å². The van der Waals surface area contributed by atoms with E-state index in [4.69, 9.17) is 21.3 Å². The smallest absolute Gasteiger partial charge is 0.262 e. The molecule has 3 heterocycles. The molecule has 3 rings (SSSR count). The summed E-state index contributed by atoms with van der Waals surface area (Å²) in [5.74, 6) is 0.595. The predicted octanol–water partition coefficient (Wildman–Crippen LogP) is -1.95. The summed E-state index contributed by atoms with van der Waals surface area (Å²) in [5.41, 5.74) is 12.5. The minimum absolute atomic E-state index is 0.229. The molecule has 1 aliphatic rings. The molecule has 2 aromatic rings. The van der Waals surface area contributed by atoms with Crippen molar-refractivity contribution in [2.24, 2.45) is 0 Å². The highest BCUT2D eigenvalue weighted by Gasteiger charge is 2.37. The van der Waals surface area contributed by atoms with E-state index < -0.39 is 18.4 Å². The number of fused-ring (bicyclic) bond motifs is 1. The molecule has 3 atom stereocenters. The Balaban J connectivity index is 1.99. The molecule has 0 radical (unpaired) electrons. The third kappa shape index (κ3) is 1.87. The summed E-state index contributed by atoms with van der Waals surface area (Å²) < 4.78 is 7.11. The number of imidazole rings is 1. The number of ether oxygens (including phenoxy) is 1. The molecule has 1 fully saturated rings. The van der Waals surface area contributed by atoms with Crippen LogP contribution in [-0.4, -0.2) is 44.0 Å². The van der Waals surface area contributed by atoms with Crippen molar-refractivity contribution >= 4 is 22.9 Å². The second kappa shape index (κ2) is 4.30. The number of nitrogens with zero attached hydrogens (tertiary/aromatic N) is 3. The Morgan fingerprint density at radius 1 is 1.53 bits per heavy atom. The van der Waals surface area contributed by atoms with Crippen LogP contribution in [0.5, 0.6) is 0 Å². The van der Waals surface area contributed by atoms with Gasteiger partial charge in [-0.25, -0.2) is 4.57 Å².